The Hall–Kier alpha value is -0.0800. The Morgan fingerprint density at radius 2 is 2.83 bits per heavy atom. The van der Waals surface area contributed by atoms with Crippen molar-refractivity contribution >= 4 is 23.1 Å². The largest absolute Gasteiger partial charge is 0.189 e. The van der Waals surface area contributed by atoms with Crippen LogP contribution in [0.5, 0.6) is 0 Å². The van der Waals surface area contributed by atoms with Crippen LogP contribution in [0.2, 0.25) is 4.34 Å². The van der Waals surface area contributed by atoms with Gasteiger partial charge in [0.2, 0.25) is 0 Å². The first-order valence-electron chi connectivity index (χ1n) is 1.38. The zero-order valence-electron chi connectivity index (χ0n) is 2.81. The van der Waals surface area contributed by atoms with E-state index >= 15 is 0 Å². The van der Waals surface area contributed by atoms with Gasteiger partial charge in [-0.1, -0.05) is 11.6 Å². The fourth-order valence-electron chi connectivity index (χ4n) is 0.173. The summed E-state index contributed by atoms with van der Waals surface area (Å²) in [6, 6.07) is 1.63. The van der Waals surface area contributed by atoms with Crippen LogP contribution in [0.3, 0.4) is 0 Å². The number of nitrogens with zero attached hydrogens (tertiary/aromatic N) is 1. The van der Waals surface area contributed by atoms with Crippen molar-refractivity contribution < 1.29 is 0 Å². The molecule has 1 nitrogen and oxygen atoms in total. The molecule has 0 unspecified atom stereocenters. The van der Waals surface area contributed by atoms with Gasteiger partial charge in [-0.05, 0) is 17.6 Å². The van der Waals surface area contributed by atoms with E-state index in [-0.39, 0.29) is 0 Å². The molecule has 0 aliphatic carbocycles. The molecule has 6 heavy (non-hydrogen) atoms. The summed E-state index contributed by atoms with van der Waals surface area (Å²) in [5.41, 5.74) is 0. The second kappa shape index (κ2) is 1.58. The third-order valence-electron chi connectivity index (χ3n) is 0.364. The molecule has 0 aromatic carbocycles. The van der Waals surface area contributed by atoms with Gasteiger partial charge in [-0.15, -0.1) is 0 Å². The zero-order chi connectivity index (χ0) is 4.41. The van der Waals surface area contributed by atoms with Crippen molar-refractivity contribution in [1.29, 1.82) is 0 Å². The molecule has 1 radical (unpaired) electrons. The van der Waals surface area contributed by atoms with Crippen LogP contribution in [-0.2, 0) is 0 Å². The molecular formula is C3HClNS. The number of rotatable bonds is 0. The van der Waals surface area contributed by atoms with Crippen molar-refractivity contribution in [3.63, 3.8) is 0 Å². The maximum absolute atomic E-state index is 5.38. The van der Waals surface area contributed by atoms with E-state index in [1.165, 1.54) is 11.5 Å². The highest BCUT2D eigenvalue weighted by Crippen LogP contribution is 2.09. The first-order chi connectivity index (χ1) is 2.89. The van der Waals surface area contributed by atoms with E-state index in [1.807, 2.05) is 0 Å². The second-order valence-corrected chi connectivity index (χ2v) is 2.20. The van der Waals surface area contributed by atoms with Gasteiger partial charge in [-0.3, -0.25) is 0 Å². The van der Waals surface area contributed by atoms with E-state index in [0.29, 0.717) is 4.34 Å². The summed E-state index contributed by atoms with van der Waals surface area (Å²) in [6.07, 6.45) is 2.57. The standard InChI is InChI=1S/C3HClNS/c4-3-1-2-5-6-3/h1H. The second-order valence-electron chi connectivity index (χ2n) is 0.760. The average Bonchev–Trinajstić information content (AvgIpc) is 1.86. The molecule has 0 amide bonds. The van der Waals surface area contributed by atoms with Crippen molar-refractivity contribution in [3.8, 4) is 0 Å². The van der Waals surface area contributed by atoms with Crippen molar-refractivity contribution in [2.45, 2.75) is 0 Å². The first-order valence-corrected chi connectivity index (χ1v) is 2.53. The lowest BCUT2D eigenvalue weighted by atomic mass is 10.8. The van der Waals surface area contributed by atoms with Crippen LogP contribution in [0.1, 0.15) is 0 Å². The van der Waals surface area contributed by atoms with Crippen molar-refractivity contribution in [2.75, 3.05) is 0 Å². The van der Waals surface area contributed by atoms with Gasteiger partial charge in [0.25, 0.3) is 0 Å². The lowest BCUT2D eigenvalue weighted by Gasteiger charge is -1.59. The van der Waals surface area contributed by atoms with Gasteiger partial charge in [0.05, 0.1) is 0 Å². The molecule has 0 bridgehead atoms. The van der Waals surface area contributed by atoms with Gasteiger partial charge in [0, 0.05) is 0 Å². The van der Waals surface area contributed by atoms with Crippen LogP contribution in [0.15, 0.2) is 6.07 Å². The molecule has 0 saturated carbocycles. The highest BCUT2D eigenvalue weighted by atomic mass is 35.5. The van der Waals surface area contributed by atoms with Crippen LogP contribution in [0.25, 0.3) is 0 Å². The third kappa shape index (κ3) is 0.698. The minimum absolute atomic E-state index is 0.690. The highest BCUT2D eigenvalue weighted by molar-refractivity contribution is 7.10. The summed E-state index contributed by atoms with van der Waals surface area (Å²) in [6.45, 7) is 0. The quantitative estimate of drug-likeness (QED) is 0.504. The summed E-state index contributed by atoms with van der Waals surface area (Å²) in [7, 11) is 0. The number of halogens is 1. The molecule has 1 aromatic heterocycles. The van der Waals surface area contributed by atoms with Crippen LogP contribution < -0.4 is 0 Å². The maximum Gasteiger partial charge on any atom is 0.114 e. The molecular weight excluding hydrogens is 118 g/mol. The summed E-state index contributed by atoms with van der Waals surface area (Å²) in [5.74, 6) is 0. The molecule has 1 rings (SSSR count). The van der Waals surface area contributed by atoms with Crippen LogP contribution >= 0.6 is 23.1 Å². The molecule has 1 aromatic rings. The molecule has 0 aliphatic rings. The van der Waals surface area contributed by atoms with E-state index in [4.69, 9.17) is 11.6 Å². The Morgan fingerprint density at radius 1 is 2.00 bits per heavy atom. The molecule has 0 saturated heterocycles. The lowest BCUT2D eigenvalue weighted by Crippen LogP contribution is -1.35. The molecule has 0 N–H and O–H groups in total. The normalized spacial score (nSPS) is 8.83. The zero-order valence-corrected chi connectivity index (χ0v) is 4.38. The van der Waals surface area contributed by atoms with Gasteiger partial charge in [-0.2, -0.15) is 4.37 Å². The topological polar surface area (TPSA) is 12.9 Å². The molecule has 1 heterocycles. The Kier molecular flexibility index (Phi) is 1.08. The predicted molar refractivity (Wildman–Crippen MR) is 26.0 cm³/mol. The van der Waals surface area contributed by atoms with Crippen molar-refractivity contribution in [3.05, 3.63) is 16.6 Å². The van der Waals surface area contributed by atoms with E-state index in [1.54, 1.807) is 6.07 Å². The first kappa shape index (κ1) is 4.09. The summed E-state index contributed by atoms with van der Waals surface area (Å²) in [4.78, 5) is 0. The van der Waals surface area contributed by atoms with Crippen LogP contribution in [-0.4, -0.2) is 4.37 Å². The summed E-state index contributed by atoms with van der Waals surface area (Å²) >= 11 is 6.62. The fourth-order valence-corrected chi connectivity index (χ4v) is 0.624. The van der Waals surface area contributed by atoms with Crippen LogP contribution in [0, 0.1) is 6.20 Å². The maximum atomic E-state index is 5.38. The Labute approximate surface area is 44.7 Å². The van der Waals surface area contributed by atoms with E-state index < -0.39 is 0 Å². The molecule has 0 atom stereocenters. The van der Waals surface area contributed by atoms with Crippen molar-refractivity contribution in [2.24, 2.45) is 0 Å². The van der Waals surface area contributed by atoms with E-state index in [0.717, 1.165) is 0 Å². The smallest absolute Gasteiger partial charge is 0.114 e. The van der Waals surface area contributed by atoms with Gasteiger partial charge < -0.3 is 0 Å². The van der Waals surface area contributed by atoms with Gasteiger partial charge in [-0.25, -0.2) is 0 Å². The SMILES string of the molecule is Clc1c[c]ns1. The predicted octanol–water partition coefficient (Wildman–Crippen LogP) is 1.60. The molecule has 0 spiro atoms. The van der Waals surface area contributed by atoms with Gasteiger partial charge >= 0.3 is 0 Å². The highest BCUT2D eigenvalue weighted by Gasteiger charge is 1.80. The molecule has 31 valence electrons. The Bertz CT molecular complexity index is 114. The minimum atomic E-state index is 0.690. The monoisotopic (exact) mass is 118 g/mol. The summed E-state index contributed by atoms with van der Waals surface area (Å²) in [5, 5.41) is 0. The number of hydrogen-bond acceptors (Lipinski definition) is 2. The van der Waals surface area contributed by atoms with Gasteiger partial charge in [0.15, 0.2) is 0 Å². The lowest BCUT2D eigenvalue weighted by molar-refractivity contribution is 1.56. The number of aromatic nitrogens is 1. The minimum Gasteiger partial charge on any atom is -0.189 e. The van der Waals surface area contributed by atoms with Crippen LogP contribution in [0.4, 0.5) is 0 Å². The molecule has 3 heteroatoms. The molecule has 0 fully saturated rings. The number of hydrogen-bond donors (Lipinski definition) is 0. The summed E-state index contributed by atoms with van der Waals surface area (Å²) < 4.78 is 4.30. The fraction of sp³-hybridized carbons (Fsp3) is 0. The Morgan fingerprint density at radius 3 is 3.00 bits per heavy atom. The molecule has 0 aliphatic heterocycles. The average molecular weight is 119 g/mol. The van der Waals surface area contributed by atoms with E-state index in [9.17, 15) is 0 Å². The van der Waals surface area contributed by atoms with Gasteiger partial charge in [0.1, 0.15) is 10.5 Å². The third-order valence-corrected chi connectivity index (χ3v) is 1.17. The van der Waals surface area contributed by atoms with E-state index in [2.05, 4.69) is 10.6 Å². The van der Waals surface area contributed by atoms with Crippen molar-refractivity contribution in [1.82, 2.24) is 4.37 Å². The Balaban J connectivity index is 3.05.